The number of ether oxygens (including phenoxy) is 3. The molecule has 17 heavy (non-hydrogen) atoms. The Labute approximate surface area is 102 Å². The van der Waals surface area contributed by atoms with Crippen LogP contribution in [0.1, 0.15) is 24.0 Å². The van der Waals surface area contributed by atoms with Gasteiger partial charge < -0.3 is 19.9 Å². The van der Waals surface area contributed by atoms with E-state index in [2.05, 4.69) is 0 Å². The summed E-state index contributed by atoms with van der Waals surface area (Å²) in [5.74, 6) is 1.83. The van der Waals surface area contributed by atoms with E-state index in [1.807, 2.05) is 12.1 Å². The van der Waals surface area contributed by atoms with E-state index < -0.39 is 0 Å². The van der Waals surface area contributed by atoms with Crippen molar-refractivity contribution in [3.8, 4) is 11.5 Å². The maximum absolute atomic E-state index is 5.52. The Bertz CT molecular complexity index is 379. The first-order valence-corrected chi connectivity index (χ1v) is 5.96. The maximum atomic E-state index is 5.52. The second kappa shape index (κ2) is 5.89. The lowest BCUT2D eigenvalue weighted by Crippen LogP contribution is -2.14. The van der Waals surface area contributed by atoms with Gasteiger partial charge in [-0.05, 0) is 37.9 Å². The first-order valence-electron chi connectivity index (χ1n) is 5.96. The molecule has 2 rings (SSSR count). The molecule has 0 aliphatic carbocycles. The van der Waals surface area contributed by atoms with Crippen molar-refractivity contribution < 1.29 is 14.2 Å². The Hall–Kier alpha value is -1.26. The molecule has 94 valence electrons. The molecule has 1 aromatic carbocycles. The molecule has 4 heteroatoms. The van der Waals surface area contributed by atoms with Crippen LogP contribution in [0.2, 0.25) is 0 Å². The summed E-state index contributed by atoms with van der Waals surface area (Å²) in [7, 11) is 1.69. The third-order valence-corrected chi connectivity index (χ3v) is 2.99. The lowest BCUT2D eigenvalue weighted by molar-refractivity contribution is -0.0170. The molecule has 1 aliphatic heterocycles. The fraction of sp³-hybridized carbons (Fsp3) is 0.538. The van der Waals surface area contributed by atoms with Crippen LogP contribution in [0.4, 0.5) is 0 Å². The number of unbranched alkanes of at least 4 members (excludes halogenated alkanes) is 1. The summed E-state index contributed by atoms with van der Waals surface area (Å²) >= 11 is 0. The molecule has 0 amide bonds. The maximum Gasteiger partial charge on any atom is 0.189 e. The minimum absolute atomic E-state index is 0.335. The van der Waals surface area contributed by atoms with Crippen molar-refractivity contribution in [2.45, 2.75) is 25.9 Å². The van der Waals surface area contributed by atoms with Gasteiger partial charge in [-0.25, -0.2) is 0 Å². The summed E-state index contributed by atoms with van der Waals surface area (Å²) < 4.78 is 16.2. The fourth-order valence-electron chi connectivity index (χ4n) is 2.10. The van der Waals surface area contributed by atoms with Crippen LogP contribution in [0.25, 0.3) is 0 Å². The van der Waals surface area contributed by atoms with Gasteiger partial charge in [0.1, 0.15) is 11.5 Å². The lowest BCUT2D eigenvalue weighted by atomic mass is 9.99. The minimum atomic E-state index is 0.335. The fourth-order valence-corrected chi connectivity index (χ4v) is 2.10. The first-order chi connectivity index (χ1) is 8.36. The normalized spacial score (nSPS) is 14.0. The molecule has 0 fully saturated rings. The van der Waals surface area contributed by atoms with Crippen molar-refractivity contribution in [2.75, 3.05) is 20.4 Å². The molecule has 0 saturated carbocycles. The summed E-state index contributed by atoms with van der Waals surface area (Å²) in [6.45, 7) is 1.66. The van der Waals surface area contributed by atoms with E-state index in [0.29, 0.717) is 13.4 Å². The van der Waals surface area contributed by atoms with Gasteiger partial charge in [0.25, 0.3) is 0 Å². The molecule has 1 aliphatic rings. The van der Waals surface area contributed by atoms with Gasteiger partial charge in [0.2, 0.25) is 0 Å². The molecule has 0 saturated heterocycles. The average Bonchev–Trinajstić information content (AvgIpc) is 2.39. The molecular weight excluding hydrogens is 218 g/mol. The Kier molecular flexibility index (Phi) is 4.23. The Morgan fingerprint density at radius 2 is 2.24 bits per heavy atom. The highest BCUT2D eigenvalue weighted by Crippen LogP contribution is 2.34. The van der Waals surface area contributed by atoms with E-state index in [9.17, 15) is 0 Å². The van der Waals surface area contributed by atoms with Crippen LogP contribution < -0.4 is 15.2 Å². The molecule has 0 atom stereocenters. The molecular formula is C13H19NO3. The number of fused-ring (bicyclic) bond motifs is 1. The van der Waals surface area contributed by atoms with Crippen molar-refractivity contribution in [1.29, 1.82) is 0 Å². The zero-order valence-corrected chi connectivity index (χ0v) is 10.2. The highest BCUT2D eigenvalue weighted by atomic mass is 16.7. The Morgan fingerprint density at radius 1 is 1.35 bits per heavy atom. The molecule has 0 aromatic heterocycles. The average molecular weight is 237 g/mol. The van der Waals surface area contributed by atoms with Gasteiger partial charge in [0.05, 0.1) is 13.7 Å². The van der Waals surface area contributed by atoms with Crippen molar-refractivity contribution in [3.05, 3.63) is 23.3 Å². The second-order valence-electron chi connectivity index (χ2n) is 4.08. The molecule has 0 spiro atoms. The number of methoxy groups -OCH3 is 1. The standard InChI is InChI=1S/C13H19NO3/c1-15-12-5-6-13-11(8-16-9-17-13)10(12)4-2-3-7-14/h5-6H,2-4,7-9,14H2,1H3. The highest BCUT2D eigenvalue weighted by molar-refractivity contribution is 5.49. The molecule has 4 nitrogen and oxygen atoms in total. The zero-order chi connectivity index (χ0) is 12.1. The molecule has 0 radical (unpaired) electrons. The van der Waals surface area contributed by atoms with Crippen LogP contribution in [-0.4, -0.2) is 20.4 Å². The molecule has 1 aromatic rings. The number of hydrogen-bond donors (Lipinski definition) is 1. The largest absolute Gasteiger partial charge is 0.496 e. The zero-order valence-electron chi connectivity index (χ0n) is 10.2. The number of benzene rings is 1. The van der Waals surface area contributed by atoms with Gasteiger partial charge >= 0.3 is 0 Å². The SMILES string of the molecule is COc1ccc2c(c1CCCCN)COCO2. The van der Waals surface area contributed by atoms with E-state index in [1.165, 1.54) is 5.56 Å². The van der Waals surface area contributed by atoms with Crippen LogP contribution in [0, 0.1) is 0 Å². The van der Waals surface area contributed by atoms with Crippen molar-refractivity contribution in [1.82, 2.24) is 0 Å². The van der Waals surface area contributed by atoms with E-state index in [0.717, 1.165) is 42.9 Å². The van der Waals surface area contributed by atoms with E-state index in [4.69, 9.17) is 19.9 Å². The summed E-state index contributed by atoms with van der Waals surface area (Å²) in [6, 6.07) is 3.91. The van der Waals surface area contributed by atoms with Gasteiger partial charge in [-0.15, -0.1) is 0 Å². The number of rotatable bonds is 5. The lowest BCUT2D eigenvalue weighted by Gasteiger charge is -2.22. The summed E-state index contributed by atoms with van der Waals surface area (Å²) in [6.07, 6.45) is 3.04. The van der Waals surface area contributed by atoms with E-state index in [1.54, 1.807) is 7.11 Å². The third kappa shape index (κ3) is 2.70. The highest BCUT2D eigenvalue weighted by Gasteiger charge is 2.18. The molecule has 0 unspecified atom stereocenters. The monoisotopic (exact) mass is 237 g/mol. The number of nitrogens with two attached hydrogens (primary N) is 1. The van der Waals surface area contributed by atoms with Gasteiger partial charge in [-0.1, -0.05) is 0 Å². The van der Waals surface area contributed by atoms with Gasteiger partial charge in [-0.2, -0.15) is 0 Å². The third-order valence-electron chi connectivity index (χ3n) is 2.99. The van der Waals surface area contributed by atoms with Crippen LogP contribution in [0.5, 0.6) is 11.5 Å². The van der Waals surface area contributed by atoms with Crippen LogP contribution in [0.3, 0.4) is 0 Å². The van der Waals surface area contributed by atoms with Gasteiger partial charge in [-0.3, -0.25) is 0 Å². The first kappa shape index (κ1) is 12.2. The van der Waals surface area contributed by atoms with Crippen LogP contribution >= 0.6 is 0 Å². The Balaban J connectivity index is 2.24. The predicted molar refractivity (Wildman–Crippen MR) is 65.3 cm³/mol. The van der Waals surface area contributed by atoms with Gasteiger partial charge in [0, 0.05) is 11.1 Å². The van der Waals surface area contributed by atoms with E-state index >= 15 is 0 Å². The smallest absolute Gasteiger partial charge is 0.189 e. The minimum Gasteiger partial charge on any atom is -0.496 e. The van der Waals surface area contributed by atoms with Crippen molar-refractivity contribution in [3.63, 3.8) is 0 Å². The predicted octanol–water partition coefficient (Wildman–Crippen LogP) is 1.84. The van der Waals surface area contributed by atoms with Crippen molar-refractivity contribution in [2.24, 2.45) is 5.73 Å². The molecule has 1 heterocycles. The number of hydrogen-bond acceptors (Lipinski definition) is 4. The van der Waals surface area contributed by atoms with E-state index in [-0.39, 0.29) is 0 Å². The summed E-state index contributed by atoms with van der Waals surface area (Å²) in [4.78, 5) is 0. The van der Waals surface area contributed by atoms with Gasteiger partial charge in [0.15, 0.2) is 6.79 Å². The second-order valence-corrected chi connectivity index (χ2v) is 4.08. The quantitative estimate of drug-likeness (QED) is 0.794. The summed E-state index contributed by atoms with van der Waals surface area (Å²) in [5, 5.41) is 0. The van der Waals surface area contributed by atoms with Crippen LogP contribution in [-0.2, 0) is 17.8 Å². The topological polar surface area (TPSA) is 53.7 Å². The summed E-state index contributed by atoms with van der Waals surface area (Å²) in [5.41, 5.74) is 7.83. The molecule has 0 bridgehead atoms. The molecule has 2 N–H and O–H groups in total. The van der Waals surface area contributed by atoms with Crippen LogP contribution in [0.15, 0.2) is 12.1 Å². The van der Waals surface area contributed by atoms with Crippen molar-refractivity contribution >= 4 is 0 Å². The Morgan fingerprint density at radius 3 is 3.00 bits per heavy atom.